The number of hydrogen-bond acceptors (Lipinski definition) is 5. The summed E-state index contributed by atoms with van der Waals surface area (Å²) in [7, 11) is -3.67. The highest BCUT2D eigenvalue weighted by Gasteiger charge is 2.14. The van der Waals surface area contributed by atoms with Crippen molar-refractivity contribution in [2.75, 3.05) is 6.26 Å². The lowest BCUT2D eigenvalue weighted by atomic mass is 10.0. The minimum atomic E-state index is -3.67. The number of nitrogen functional groups attached to an aromatic ring is 1. The molecule has 0 aromatic heterocycles. The van der Waals surface area contributed by atoms with E-state index in [1.807, 2.05) is 0 Å². The van der Waals surface area contributed by atoms with Crippen LogP contribution in [0.5, 0.6) is 5.75 Å². The summed E-state index contributed by atoms with van der Waals surface area (Å²) in [6, 6.07) is 7.61. The second-order valence-corrected chi connectivity index (χ2v) is 5.81. The molecule has 8 nitrogen and oxygen atoms in total. The zero-order valence-electron chi connectivity index (χ0n) is 11.4. The number of aromatic hydroxyl groups is 1. The molecular weight excluding hydrogens is 312 g/mol. The molecule has 0 saturated heterocycles. The normalized spacial score (nSPS) is 10.6. The largest absolute Gasteiger partial charge is 0.507 e. The van der Waals surface area contributed by atoms with Crippen LogP contribution in [0, 0.1) is 5.41 Å². The molecule has 0 saturated carbocycles. The predicted octanol–water partition coefficient (Wildman–Crippen LogP) is 1.03. The van der Waals surface area contributed by atoms with Gasteiger partial charge in [-0.15, -0.1) is 0 Å². The number of nitrogens with one attached hydrogen (secondary N) is 1. The minimum absolute atomic E-state index is 0.0862. The Morgan fingerprint density at radius 2 is 1.77 bits per heavy atom. The number of rotatable bonds is 2. The number of hydrogen-bond donors (Lipinski definition) is 5. The maximum atomic E-state index is 11.0. The summed E-state index contributed by atoms with van der Waals surface area (Å²) in [6.45, 7) is 0. The van der Waals surface area contributed by atoms with Crippen LogP contribution in [0.1, 0.15) is 15.9 Å². The molecule has 2 aromatic carbocycles. The van der Waals surface area contributed by atoms with E-state index >= 15 is 0 Å². The van der Waals surface area contributed by atoms with E-state index in [1.165, 1.54) is 12.1 Å². The first-order chi connectivity index (χ1) is 10.0. The first-order valence-electron chi connectivity index (χ1n) is 5.76. The summed E-state index contributed by atoms with van der Waals surface area (Å²) < 4.78 is 25.9. The molecule has 2 rings (SSSR count). The fourth-order valence-corrected chi connectivity index (χ4v) is 1.71. The van der Waals surface area contributed by atoms with Gasteiger partial charge in [0.25, 0.3) is 10.1 Å². The number of aromatic carboxylic acids is 1. The first kappa shape index (κ1) is 17.4. The van der Waals surface area contributed by atoms with Crippen LogP contribution < -0.4 is 5.73 Å². The van der Waals surface area contributed by atoms with Crippen molar-refractivity contribution in [1.82, 2.24) is 0 Å². The van der Waals surface area contributed by atoms with Crippen LogP contribution in [0.4, 0.5) is 0 Å². The molecule has 0 fully saturated rings. The highest BCUT2D eigenvalue weighted by molar-refractivity contribution is 7.85. The Morgan fingerprint density at radius 1 is 1.23 bits per heavy atom. The van der Waals surface area contributed by atoms with Gasteiger partial charge < -0.3 is 15.9 Å². The molecule has 118 valence electrons. The molecule has 0 amide bonds. The Bertz CT molecular complexity index is 837. The van der Waals surface area contributed by atoms with Crippen LogP contribution in [0.15, 0.2) is 30.3 Å². The van der Waals surface area contributed by atoms with Crippen molar-refractivity contribution >= 4 is 32.7 Å². The lowest BCUT2D eigenvalue weighted by Gasteiger charge is -2.06. The van der Waals surface area contributed by atoms with Crippen molar-refractivity contribution in [3.63, 3.8) is 0 Å². The number of amidine groups is 1. The van der Waals surface area contributed by atoms with Gasteiger partial charge in [0.1, 0.15) is 17.1 Å². The topological polar surface area (TPSA) is 162 Å². The molecule has 2 aromatic rings. The average molecular weight is 326 g/mol. The average Bonchev–Trinajstić information content (AvgIpc) is 2.35. The molecule has 0 atom stereocenters. The molecule has 0 aliphatic rings. The van der Waals surface area contributed by atoms with Crippen molar-refractivity contribution in [2.45, 2.75) is 0 Å². The molecule has 0 spiro atoms. The van der Waals surface area contributed by atoms with Gasteiger partial charge in [-0.1, -0.05) is 18.2 Å². The SMILES string of the molecule is CS(=O)(=O)O.N=C(N)c1ccc2c(C(=O)O)c(O)ccc2c1. The summed E-state index contributed by atoms with van der Waals surface area (Å²) >= 11 is 0. The quantitative estimate of drug-likeness (QED) is 0.312. The van der Waals surface area contributed by atoms with E-state index in [9.17, 15) is 18.3 Å². The van der Waals surface area contributed by atoms with Gasteiger partial charge in [-0.05, 0) is 22.9 Å². The van der Waals surface area contributed by atoms with Crippen LogP contribution >= 0.6 is 0 Å². The van der Waals surface area contributed by atoms with E-state index in [1.54, 1.807) is 18.2 Å². The molecule has 6 N–H and O–H groups in total. The van der Waals surface area contributed by atoms with Crippen molar-refractivity contribution in [3.8, 4) is 5.75 Å². The number of carboxylic acids is 1. The van der Waals surface area contributed by atoms with Crippen LogP contribution in [-0.4, -0.2) is 41.2 Å². The van der Waals surface area contributed by atoms with Crippen LogP contribution in [0.2, 0.25) is 0 Å². The molecular formula is C13H14N2O6S. The number of carbonyl (C=O) groups is 1. The summed E-state index contributed by atoms with van der Waals surface area (Å²) in [5.41, 5.74) is 5.72. The molecule has 0 bridgehead atoms. The van der Waals surface area contributed by atoms with Crippen LogP contribution in [0.3, 0.4) is 0 Å². The zero-order valence-corrected chi connectivity index (χ0v) is 12.3. The first-order valence-corrected chi connectivity index (χ1v) is 7.61. The Balaban J connectivity index is 0.000000422. The third-order valence-corrected chi connectivity index (χ3v) is 2.52. The highest BCUT2D eigenvalue weighted by Crippen LogP contribution is 2.27. The molecule has 0 unspecified atom stereocenters. The maximum Gasteiger partial charge on any atom is 0.340 e. The predicted molar refractivity (Wildman–Crippen MR) is 81.1 cm³/mol. The molecule has 0 aliphatic heterocycles. The number of nitrogens with two attached hydrogens (primary N) is 1. The van der Waals surface area contributed by atoms with Crippen LogP contribution in [0.25, 0.3) is 10.8 Å². The van der Waals surface area contributed by atoms with E-state index in [0.29, 0.717) is 22.6 Å². The number of carboxylic acid groups (broad SMARTS) is 1. The summed E-state index contributed by atoms with van der Waals surface area (Å²) in [5.74, 6) is -1.55. The molecule has 22 heavy (non-hydrogen) atoms. The van der Waals surface area contributed by atoms with Crippen molar-refractivity contribution in [2.24, 2.45) is 5.73 Å². The van der Waals surface area contributed by atoms with E-state index in [-0.39, 0.29) is 17.1 Å². The van der Waals surface area contributed by atoms with Crippen LogP contribution in [-0.2, 0) is 10.1 Å². The van der Waals surface area contributed by atoms with Gasteiger partial charge in [-0.3, -0.25) is 9.96 Å². The smallest absolute Gasteiger partial charge is 0.340 e. The zero-order chi connectivity index (χ0) is 17.1. The fraction of sp³-hybridized carbons (Fsp3) is 0.0769. The molecule has 0 heterocycles. The molecule has 0 aliphatic carbocycles. The molecule has 0 radical (unpaired) electrons. The van der Waals surface area contributed by atoms with Gasteiger partial charge in [-0.25, -0.2) is 4.79 Å². The fourth-order valence-electron chi connectivity index (χ4n) is 1.71. The maximum absolute atomic E-state index is 11.0. The second-order valence-electron chi connectivity index (χ2n) is 4.35. The third kappa shape index (κ3) is 4.72. The van der Waals surface area contributed by atoms with Gasteiger partial charge in [0.15, 0.2) is 0 Å². The van der Waals surface area contributed by atoms with E-state index < -0.39 is 16.1 Å². The molecule has 9 heteroatoms. The third-order valence-electron chi connectivity index (χ3n) is 2.52. The summed E-state index contributed by atoms with van der Waals surface area (Å²) in [6.07, 6.45) is 0.715. The number of fused-ring (bicyclic) bond motifs is 1. The lowest BCUT2D eigenvalue weighted by molar-refractivity contribution is 0.0696. The van der Waals surface area contributed by atoms with Gasteiger partial charge in [0.2, 0.25) is 0 Å². The number of phenols is 1. The monoisotopic (exact) mass is 326 g/mol. The standard InChI is InChI=1S/C12H10N2O3.CH4O3S/c13-11(14)7-1-3-8-6(5-7)2-4-9(15)10(8)12(16)17;1-5(2,3)4/h1-5,15H,(H3,13,14)(H,16,17);1H3,(H,2,3,4). The Kier molecular flexibility index (Phi) is 5.07. The van der Waals surface area contributed by atoms with Gasteiger partial charge in [-0.2, -0.15) is 8.42 Å². The van der Waals surface area contributed by atoms with E-state index in [4.69, 9.17) is 20.8 Å². The van der Waals surface area contributed by atoms with E-state index in [0.717, 1.165) is 0 Å². The Morgan fingerprint density at radius 3 is 2.23 bits per heavy atom. The second kappa shape index (κ2) is 6.41. The minimum Gasteiger partial charge on any atom is -0.507 e. The van der Waals surface area contributed by atoms with Gasteiger partial charge in [0, 0.05) is 5.56 Å². The Labute approximate surface area is 126 Å². The van der Waals surface area contributed by atoms with Crippen molar-refractivity contribution in [3.05, 3.63) is 41.5 Å². The lowest BCUT2D eigenvalue weighted by Crippen LogP contribution is -2.10. The van der Waals surface area contributed by atoms with Gasteiger partial charge in [0.05, 0.1) is 6.26 Å². The van der Waals surface area contributed by atoms with Gasteiger partial charge >= 0.3 is 5.97 Å². The summed E-state index contributed by atoms with van der Waals surface area (Å²) in [5, 5.41) is 26.9. The Hall–Kier alpha value is -2.65. The summed E-state index contributed by atoms with van der Waals surface area (Å²) in [4.78, 5) is 11.0. The van der Waals surface area contributed by atoms with Crippen molar-refractivity contribution in [1.29, 1.82) is 5.41 Å². The highest BCUT2D eigenvalue weighted by atomic mass is 32.2. The van der Waals surface area contributed by atoms with E-state index in [2.05, 4.69) is 0 Å². The van der Waals surface area contributed by atoms with Crippen molar-refractivity contribution < 1.29 is 28.0 Å². The number of benzene rings is 2.